The number of nitrogens with zero attached hydrogens (tertiary/aromatic N) is 3. The van der Waals surface area contributed by atoms with Crippen molar-refractivity contribution in [3.05, 3.63) is 33.1 Å². The predicted molar refractivity (Wildman–Crippen MR) is 84.7 cm³/mol. The molecule has 7 heteroatoms. The Morgan fingerprint density at radius 3 is 2.71 bits per heavy atom. The van der Waals surface area contributed by atoms with Crippen LogP contribution in [-0.2, 0) is 13.0 Å². The molecule has 0 aliphatic carbocycles. The van der Waals surface area contributed by atoms with Crippen LogP contribution >= 0.6 is 11.3 Å². The molecule has 0 aliphatic rings. The van der Waals surface area contributed by atoms with E-state index in [0.717, 1.165) is 46.6 Å². The van der Waals surface area contributed by atoms with Crippen LogP contribution in [0.5, 0.6) is 0 Å². The van der Waals surface area contributed by atoms with Gasteiger partial charge in [0.15, 0.2) is 5.96 Å². The Hall–Kier alpha value is -1.89. The molecule has 2 aromatic heterocycles. The van der Waals surface area contributed by atoms with Crippen molar-refractivity contribution in [2.45, 2.75) is 33.7 Å². The number of aryl methyl sites for hydroxylation is 3. The molecule has 2 heterocycles. The molecule has 0 fully saturated rings. The zero-order valence-corrected chi connectivity index (χ0v) is 13.7. The monoisotopic (exact) mass is 307 g/mol. The van der Waals surface area contributed by atoms with Gasteiger partial charge >= 0.3 is 0 Å². The van der Waals surface area contributed by atoms with Gasteiger partial charge in [-0.05, 0) is 20.8 Å². The van der Waals surface area contributed by atoms with Crippen molar-refractivity contribution >= 4 is 17.3 Å². The first-order chi connectivity index (χ1) is 10.1. The van der Waals surface area contributed by atoms with Crippen LogP contribution in [0.2, 0.25) is 0 Å². The van der Waals surface area contributed by atoms with Crippen LogP contribution in [0.15, 0.2) is 14.9 Å². The van der Waals surface area contributed by atoms with Crippen molar-refractivity contribution < 1.29 is 4.52 Å². The number of aromatic nitrogens is 2. The number of rotatable bonds is 5. The molecule has 0 aliphatic heterocycles. The summed E-state index contributed by atoms with van der Waals surface area (Å²) in [5.74, 6) is 1.61. The Kier molecular flexibility index (Phi) is 5.32. The zero-order chi connectivity index (χ0) is 15.2. The van der Waals surface area contributed by atoms with Gasteiger partial charge in [-0.3, -0.25) is 4.99 Å². The largest absolute Gasteiger partial charge is 0.361 e. The molecule has 21 heavy (non-hydrogen) atoms. The van der Waals surface area contributed by atoms with Crippen molar-refractivity contribution in [3.63, 3.8) is 0 Å². The normalized spacial score (nSPS) is 11.7. The van der Waals surface area contributed by atoms with E-state index >= 15 is 0 Å². The second kappa shape index (κ2) is 7.21. The second-order valence-corrected chi connectivity index (χ2v) is 5.83. The smallest absolute Gasteiger partial charge is 0.191 e. The van der Waals surface area contributed by atoms with Gasteiger partial charge in [0.2, 0.25) is 0 Å². The highest BCUT2D eigenvalue weighted by atomic mass is 32.1. The fourth-order valence-electron chi connectivity index (χ4n) is 1.98. The van der Waals surface area contributed by atoms with Crippen LogP contribution in [0.25, 0.3) is 0 Å². The van der Waals surface area contributed by atoms with Gasteiger partial charge in [-0.15, -0.1) is 11.3 Å². The van der Waals surface area contributed by atoms with Crippen molar-refractivity contribution in [2.24, 2.45) is 4.99 Å². The second-order valence-electron chi connectivity index (χ2n) is 4.76. The van der Waals surface area contributed by atoms with Crippen molar-refractivity contribution in [3.8, 4) is 0 Å². The summed E-state index contributed by atoms with van der Waals surface area (Å²) in [6.45, 7) is 7.32. The SMILES string of the molecule is CN=C(NCCc1csc(C)n1)NCc1c(C)noc1C. The summed E-state index contributed by atoms with van der Waals surface area (Å²) >= 11 is 1.68. The van der Waals surface area contributed by atoms with Crippen LogP contribution in [0.3, 0.4) is 0 Å². The van der Waals surface area contributed by atoms with Crippen LogP contribution in [0, 0.1) is 20.8 Å². The molecule has 2 aromatic rings. The van der Waals surface area contributed by atoms with Crippen molar-refractivity contribution in [1.82, 2.24) is 20.8 Å². The standard InChI is InChI=1S/C14H21N5OS/c1-9-13(10(2)20-19-9)7-17-14(15-4)16-6-5-12-8-21-11(3)18-12/h8H,5-7H2,1-4H3,(H2,15,16,17). The lowest BCUT2D eigenvalue weighted by Crippen LogP contribution is -2.38. The maximum Gasteiger partial charge on any atom is 0.191 e. The third-order valence-corrected chi connectivity index (χ3v) is 4.00. The summed E-state index contributed by atoms with van der Waals surface area (Å²) in [5, 5.41) is 13.7. The number of nitrogens with one attached hydrogen (secondary N) is 2. The summed E-state index contributed by atoms with van der Waals surface area (Å²) in [6, 6.07) is 0. The van der Waals surface area contributed by atoms with Crippen molar-refractivity contribution in [2.75, 3.05) is 13.6 Å². The molecule has 0 spiro atoms. The molecule has 0 aromatic carbocycles. The van der Waals surface area contributed by atoms with Gasteiger partial charge in [0.1, 0.15) is 5.76 Å². The summed E-state index contributed by atoms with van der Waals surface area (Å²) in [6.07, 6.45) is 0.885. The number of guanidine groups is 1. The summed E-state index contributed by atoms with van der Waals surface area (Å²) in [7, 11) is 1.76. The Balaban J connectivity index is 1.78. The van der Waals surface area contributed by atoms with Gasteiger partial charge in [0.25, 0.3) is 0 Å². The van der Waals surface area contributed by atoms with E-state index in [1.54, 1.807) is 18.4 Å². The maximum absolute atomic E-state index is 5.15. The minimum absolute atomic E-state index is 0.649. The van der Waals surface area contributed by atoms with Gasteiger partial charge in [-0.1, -0.05) is 5.16 Å². The molecule has 0 bridgehead atoms. The highest BCUT2D eigenvalue weighted by Gasteiger charge is 2.09. The average molecular weight is 307 g/mol. The molecule has 2 N–H and O–H groups in total. The number of hydrogen-bond donors (Lipinski definition) is 2. The highest BCUT2D eigenvalue weighted by Crippen LogP contribution is 2.11. The van der Waals surface area contributed by atoms with E-state index in [1.165, 1.54) is 0 Å². The quantitative estimate of drug-likeness (QED) is 0.652. The molecule has 0 radical (unpaired) electrons. The van der Waals surface area contributed by atoms with Gasteiger partial charge in [-0.2, -0.15) is 0 Å². The first-order valence-electron chi connectivity index (χ1n) is 6.87. The van der Waals surface area contributed by atoms with Gasteiger partial charge in [0.05, 0.1) is 16.4 Å². The van der Waals surface area contributed by atoms with E-state index in [-0.39, 0.29) is 0 Å². The third-order valence-electron chi connectivity index (χ3n) is 3.18. The molecule has 2 rings (SSSR count). The molecule has 0 atom stereocenters. The average Bonchev–Trinajstić information content (AvgIpc) is 3.01. The first-order valence-corrected chi connectivity index (χ1v) is 7.75. The first kappa shape index (κ1) is 15.5. The molecule has 0 unspecified atom stereocenters. The number of aliphatic imine (C=N–C) groups is 1. The lowest BCUT2D eigenvalue weighted by molar-refractivity contribution is 0.392. The third kappa shape index (κ3) is 4.29. The van der Waals surface area contributed by atoms with Crippen molar-refractivity contribution in [1.29, 1.82) is 0 Å². The Labute approximate surface area is 128 Å². The molecular weight excluding hydrogens is 286 g/mol. The van der Waals surface area contributed by atoms with Gasteiger partial charge in [-0.25, -0.2) is 4.98 Å². The molecular formula is C14H21N5OS. The predicted octanol–water partition coefficient (Wildman–Crippen LogP) is 1.96. The minimum Gasteiger partial charge on any atom is -0.361 e. The van der Waals surface area contributed by atoms with E-state index in [2.05, 4.69) is 31.1 Å². The zero-order valence-electron chi connectivity index (χ0n) is 12.9. The minimum atomic E-state index is 0.649. The number of hydrogen-bond acceptors (Lipinski definition) is 5. The summed E-state index contributed by atoms with van der Waals surface area (Å²) in [4.78, 5) is 8.65. The Bertz CT molecular complexity index is 597. The van der Waals surface area contributed by atoms with E-state index in [9.17, 15) is 0 Å². The maximum atomic E-state index is 5.15. The molecule has 0 saturated heterocycles. The molecule has 0 saturated carbocycles. The van der Waals surface area contributed by atoms with E-state index < -0.39 is 0 Å². The van der Waals surface area contributed by atoms with Crippen LogP contribution in [-0.4, -0.2) is 29.7 Å². The lowest BCUT2D eigenvalue weighted by Gasteiger charge is -2.11. The van der Waals surface area contributed by atoms with E-state index in [4.69, 9.17) is 4.52 Å². The van der Waals surface area contributed by atoms with Gasteiger partial charge < -0.3 is 15.2 Å². The summed E-state index contributed by atoms with van der Waals surface area (Å²) in [5.41, 5.74) is 3.10. The Morgan fingerprint density at radius 2 is 2.14 bits per heavy atom. The molecule has 6 nitrogen and oxygen atoms in total. The van der Waals surface area contributed by atoms with Crippen LogP contribution < -0.4 is 10.6 Å². The van der Waals surface area contributed by atoms with E-state index in [1.807, 2.05) is 20.8 Å². The van der Waals surface area contributed by atoms with Gasteiger partial charge in [0, 0.05) is 37.5 Å². The highest BCUT2D eigenvalue weighted by molar-refractivity contribution is 7.09. The summed E-state index contributed by atoms with van der Waals surface area (Å²) < 4.78 is 5.15. The number of thiazole rings is 1. The fraction of sp³-hybridized carbons (Fsp3) is 0.500. The molecule has 0 amide bonds. The van der Waals surface area contributed by atoms with E-state index in [0.29, 0.717) is 6.54 Å². The van der Waals surface area contributed by atoms with Crippen LogP contribution in [0.1, 0.15) is 27.7 Å². The fourth-order valence-corrected chi connectivity index (χ4v) is 2.63. The lowest BCUT2D eigenvalue weighted by atomic mass is 10.2. The van der Waals surface area contributed by atoms with Crippen LogP contribution in [0.4, 0.5) is 0 Å². The topological polar surface area (TPSA) is 75.3 Å². The molecule has 114 valence electrons. The Morgan fingerprint density at radius 1 is 1.33 bits per heavy atom.